The van der Waals surface area contributed by atoms with Crippen LogP contribution in [0.4, 0.5) is 0 Å². The molecule has 1 heterocycles. The largest absolute Gasteiger partial charge is 0.372 e. The summed E-state index contributed by atoms with van der Waals surface area (Å²) in [6.45, 7) is 4.96. The van der Waals surface area contributed by atoms with Crippen LogP contribution in [0.1, 0.15) is 32.6 Å². The van der Waals surface area contributed by atoms with Crippen LogP contribution in [0.25, 0.3) is 0 Å². The van der Waals surface area contributed by atoms with Crippen molar-refractivity contribution in [3.8, 4) is 0 Å². The highest BCUT2D eigenvalue weighted by atomic mass is 16.5. The van der Waals surface area contributed by atoms with Gasteiger partial charge in [-0.3, -0.25) is 4.79 Å². The molecule has 2 N–H and O–H groups in total. The van der Waals surface area contributed by atoms with Crippen LogP contribution in [-0.4, -0.2) is 38.3 Å². The fourth-order valence-corrected chi connectivity index (χ4v) is 1.66. The Labute approximate surface area is 91.8 Å². The summed E-state index contributed by atoms with van der Waals surface area (Å²) in [6, 6.07) is 0.293. The Hall–Kier alpha value is -0.610. The van der Waals surface area contributed by atoms with Crippen LogP contribution in [0.3, 0.4) is 0 Å². The third-order valence-electron chi connectivity index (χ3n) is 2.54. The third kappa shape index (κ3) is 5.74. The molecular weight excluding hydrogens is 192 g/mol. The molecule has 1 amide bonds. The summed E-state index contributed by atoms with van der Waals surface area (Å²) in [4.78, 5) is 11.4. The molecule has 0 radical (unpaired) electrons. The maximum absolute atomic E-state index is 11.4. The smallest absolute Gasteiger partial charge is 0.246 e. The number of hydrogen-bond donors (Lipinski definition) is 2. The van der Waals surface area contributed by atoms with Crippen LogP contribution in [0.5, 0.6) is 0 Å². The van der Waals surface area contributed by atoms with Gasteiger partial charge in [0.1, 0.15) is 6.61 Å². The molecule has 0 spiro atoms. The van der Waals surface area contributed by atoms with E-state index < -0.39 is 0 Å². The summed E-state index contributed by atoms with van der Waals surface area (Å²) in [5.74, 6) is 0.0137. The quantitative estimate of drug-likeness (QED) is 0.639. The lowest BCUT2D eigenvalue weighted by Gasteiger charge is -2.23. The second kappa shape index (κ2) is 7.65. The molecule has 4 heteroatoms. The van der Waals surface area contributed by atoms with E-state index in [1.807, 2.05) is 0 Å². The van der Waals surface area contributed by atoms with E-state index in [0.29, 0.717) is 12.6 Å². The monoisotopic (exact) mass is 214 g/mol. The molecule has 0 aromatic heterocycles. The molecule has 1 rings (SSSR count). The predicted molar refractivity (Wildman–Crippen MR) is 59.8 cm³/mol. The van der Waals surface area contributed by atoms with Gasteiger partial charge in [-0.2, -0.15) is 0 Å². The van der Waals surface area contributed by atoms with Crippen molar-refractivity contribution < 1.29 is 9.53 Å². The van der Waals surface area contributed by atoms with Crippen LogP contribution in [0, 0.1) is 0 Å². The summed E-state index contributed by atoms with van der Waals surface area (Å²) in [5, 5.41) is 6.23. The Morgan fingerprint density at radius 1 is 1.60 bits per heavy atom. The molecule has 0 bridgehead atoms. The van der Waals surface area contributed by atoms with Gasteiger partial charge in [-0.25, -0.2) is 0 Å². The fourth-order valence-electron chi connectivity index (χ4n) is 1.66. The van der Waals surface area contributed by atoms with E-state index in [1.165, 1.54) is 0 Å². The number of ether oxygens (including phenoxy) is 1. The van der Waals surface area contributed by atoms with Crippen molar-refractivity contribution in [2.45, 2.75) is 38.6 Å². The zero-order chi connectivity index (χ0) is 10.9. The number of rotatable bonds is 6. The maximum atomic E-state index is 11.4. The van der Waals surface area contributed by atoms with Crippen LogP contribution in [-0.2, 0) is 9.53 Å². The summed E-state index contributed by atoms with van der Waals surface area (Å²) < 4.78 is 5.24. The van der Waals surface area contributed by atoms with Crippen LogP contribution < -0.4 is 10.6 Å². The minimum Gasteiger partial charge on any atom is -0.372 e. The van der Waals surface area contributed by atoms with Gasteiger partial charge in [0.15, 0.2) is 0 Å². The van der Waals surface area contributed by atoms with Gasteiger partial charge in [0, 0.05) is 19.2 Å². The molecule has 15 heavy (non-hydrogen) atoms. The topological polar surface area (TPSA) is 50.4 Å². The molecule has 1 saturated heterocycles. The molecule has 1 unspecified atom stereocenters. The first-order chi connectivity index (χ1) is 7.33. The van der Waals surface area contributed by atoms with E-state index in [4.69, 9.17) is 4.74 Å². The van der Waals surface area contributed by atoms with Crippen molar-refractivity contribution in [2.75, 3.05) is 26.3 Å². The third-order valence-corrected chi connectivity index (χ3v) is 2.54. The van der Waals surface area contributed by atoms with Crippen LogP contribution in [0.15, 0.2) is 0 Å². The molecule has 4 nitrogen and oxygen atoms in total. The average Bonchev–Trinajstić information content (AvgIpc) is 2.26. The van der Waals surface area contributed by atoms with Crippen molar-refractivity contribution in [1.82, 2.24) is 10.6 Å². The van der Waals surface area contributed by atoms with Crippen molar-refractivity contribution in [3.05, 3.63) is 0 Å². The van der Waals surface area contributed by atoms with E-state index in [2.05, 4.69) is 17.6 Å². The van der Waals surface area contributed by atoms with Crippen molar-refractivity contribution in [3.63, 3.8) is 0 Å². The predicted octanol–water partition coefficient (Wildman–Crippen LogP) is 0.671. The Bertz CT molecular complexity index is 179. The van der Waals surface area contributed by atoms with Gasteiger partial charge in [-0.05, 0) is 25.8 Å². The lowest BCUT2D eigenvalue weighted by Crippen LogP contribution is -2.46. The average molecular weight is 214 g/mol. The first-order valence-electron chi connectivity index (χ1n) is 5.90. The molecule has 0 aromatic rings. The van der Waals surface area contributed by atoms with Gasteiger partial charge in [-0.1, -0.05) is 13.3 Å². The van der Waals surface area contributed by atoms with Gasteiger partial charge >= 0.3 is 0 Å². The Morgan fingerprint density at radius 3 is 3.13 bits per heavy atom. The zero-order valence-corrected chi connectivity index (χ0v) is 9.55. The Balaban J connectivity index is 2.01. The van der Waals surface area contributed by atoms with Gasteiger partial charge in [0.25, 0.3) is 0 Å². The first kappa shape index (κ1) is 12.5. The molecular formula is C11H22N2O2. The minimum atomic E-state index is 0.0137. The normalized spacial score (nSPS) is 21.3. The fraction of sp³-hybridized carbons (Fsp3) is 0.909. The highest BCUT2D eigenvalue weighted by molar-refractivity contribution is 5.77. The molecule has 1 aliphatic heterocycles. The van der Waals surface area contributed by atoms with Gasteiger partial charge < -0.3 is 15.4 Å². The number of hydrogen-bond acceptors (Lipinski definition) is 3. The number of amides is 1. The second-order valence-electron chi connectivity index (χ2n) is 4.02. The highest BCUT2D eigenvalue weighted by Gasteiger charge is 2.14. The van der Waals surface area contributed by atoms with Crippen LogP contribution in [0.2, 0.25) is 0 Å². The maximum Gasteiger partial charge on any atom is 0.246 e. The molecule has 1 fully saturated rings. The molecule has 0 aliphatic carbocycles. The lowest BCUT2D eigenvalue weighted by atomic mass is 10.1. The van der Waals surface area contributed by atoms with Crippen molar-refractivity contribution in [1.29, 1.82) is 0 Å². The molecule has 0 aromatic carbocycles. The van der Waals surface area contributed by atoms with E-state index in [-0.39, 0.29) is 12.5 Å². The van der Waals surface area contributed by atoms with E-state index in [9.17, 15) is 4.79 Å². The van der Waals surface area contributed by atoms with E-state index >= 15 is 0 Å². The standard InChI is InChI=1S/C11H22N2O2/c1-2-3-7-15-9-11(14)13-10-5-4-6-12-8-10/h10,12H,2-9H2,1H3,(H,13,14). The minimum absolute atomic E-state index is 0.0137. The molecule has 88 valence electrons. The molecule has 1 atom stereocenters. The summed E-state index contributed by atoms with van der Waals surface area (Å²) in [5.41, 5.74) is 0. The number of carbonyl (C=O) groups excluding carboxylic acids is 1. The van der Waals surface area contributed by atoms with Crippen molar-refractivity contribution in [2.24, 2.45) is 0 Å². The van der Waals surface area contributed by atoms with Crippen LogP contribution >= 0.6 is 0 Å². The van der Waals surface area contributed by atoms with Gasteiger partial charge in [-0.15, -0.1) is 0 Å². The van der Waals surface area contributed by atoms with Gasteiger partial charge in [0.2, 0.25) is 5.91 Å². The van der Waals surface area contributed by atoms with Crippen molar-refractivity contribution >= 4 is 5.91 Å². The number of unbranched alkanes of at least 4 members (excludes halogenated alkanes) is 1. The first-order valence-corrected chi connectivity index (χ1v) is 5.90. The zero-order valence-electron chi connectivity index (χ0n) is 9.55. The second-order valence-corrected chi connectivity index (χ2v) is 4.02. The number of piperidine rings is 1. The van der Waals surface area contributed by atoms with E-state index in [0.717, 1.165) is 38.8 Å². The number of nitrogens with one attached hydrogen (secondary N) is 2. The Kier molecular flexibility index (Phi) is 6.36. The summed E-state index contributed by atoms with van der Waals surface area (Å²) in [6.07, 6.45) is 4.35. The number of carbonyl (C=O) groups is 1. The van der Waals surface area contributed by atoms with E-state index in [1.54, 1.807) is 0 Å². The molecule has 0 saturated carbocycles. The lowest BCUT2D eigenvalue weighted by molar-refractivity contribution is -0.126. The SMILES string of the molecule is CCCCOCC(=O)NC1CCCNC1. The summed E-state index contributed by atoms with van der Waals surface area (Å²) in [7, 11) is 0. The molecule has 1 aliphatic rings. The van der Waals surface area contributed by atoms with Gasteiger partial charge in [0.05, 0.1) is 0 Å². The highest BCUT2D eigenvalue weighted by Crippen LogP contribution is 2.00. The summed E-state index contributed by atoms with van der Waals surface area (Å²) >= 11 is 0. The Morgan fingerprint density at radius 2 is 2.47 bits per heavy atom.